The molecule has 3 amide bonds. The normalized spacial score (nSPS) is 13.5. The van der Waals surface area contributed by atoms with Gasteiger partial charge >= 0.3 is 6.03 Å². The molecular formula is C20H21FN4O3. The van der Waals surface area contributed by atoms with Crippen LogP contribution in [0.25, 0.3) is 0 Å². The third kappa shape index (κ3) is 3.86. The number of halogens is 1. The van der Waals surface area contributed by atoms with Crippen molar-refractivity contribution in [3.63, 3.8) is 0 Å². The van der Waals surface area contributed by atoms with E-state index in [4.69, 9.17) is 5.11 Å². The van der Waals surface area contributed by atoms with Crippen LogP contribution in [0.3, 0.4) is 0 Å². The number of likely N-dealkylation sites (N-methyl/N-ethyl adjacent to an activating group) is 2. The molecule has 0 radical (unpaired) electrons. The van der Waals surface area contributed by atoms with Gasteiger partial charge in [-0.05, 0) is 30.3 Å². The highest BCUT2D eigenvalue weighted by molar-refractivity contribution is 6.20. The maximum atomic E-state index is 14.4. The number of carbonyl (C=O) groups excluding carboxylic acids is 2. The summed E-state index contributed by atoms with van der Waals surface area (Å²) in [5, 5.41) is 11.7. The molecule has 0 aromatic heterocycles. The number of benzene rings is 2. The number of rotatable bonds is 4. The second-order valence-corrected chi connectivity index (χ2v) is 6.40. The number of aliphatic imine (C=N–C) groups is 1. The van der Waals surface area contributed by atoms with E-state index in [-0.39, 0.29) is 31.2 Å². The molecule has 3 rings (SSSR count). The second-order valence-electron chi connectivity index (χ2n) is 6.40. The summed E-state index contributed by atoms with van der Waals surface area (Å²) in [4.78, 5) is 31.6. The van der Waals surface area contributed by atoms with E-state index in [2.05, 4.69) is 10.3 Å². The molecule has 0 fully saturated rings. The van der Waals surface area contributed by atoms with Crippen molar-refractivity contribution in [2.45, 2.75) is 0 Å². The quantitative estimate of drug-likeness (QED) is 0.847. The van der Waals surface area contributed by atoms with E-state index in [1.54, 1.807) is 50.5 Å². The third-order valence-electron chi connectivity index (χ3n) is 4.52. The molecule has 0 spiro atoms. The first-order valence-corrected chi connectivity index (χ1v) is 8.75. The number of aliphatic hydroxyl groups excluding tert-OH is 1. The fraction of sp³-hybridized carbons (Fsp3) is 0.250. The Morgan fingerprint density at radius 3 is 2.75 bits per heavy atom. The first-order chi connectivity index (χ1) is 13.4. The Balaban J connectivity index is 2.05. The van der Waals surface area contributed by atoms with Gasteiger partial charge in [0.2, 0.25) is 5.91 Å². The average Bonchev–Trinajstić information content (AvgIpc) is 2.80. The van der Waals surface area contributed by atoms with Gasteiger partial charge in [-0.15, -0.1) is 0 Å². The fourth-order valence-corrected chi connectivity index (χ4v) is 2.92. The van der Waals surface area contributed by atoms with E-state index in [1.165, 1.54) is 15.9 Å². The van der Waals surface area contributed by atoms with Crippen LogP contribution in [0, 0.1) is 5.82 Å². The van der Waals surface area contributed by atoms with Gasteiger partial charge in [0, 0.05) is 37.5 Å². The summed E-state index contributed by atoms with van der Waals surface area (Å²) in [6.07, 6.45) is 0. The molecule has 0 bridgehead atoms. The summed E-state index contributed by atoms with van der Waals surface area (Å²) in [7, 11) is 3.20. The molecule has 146 valence electrons. The van der Waals surface area contributed by atoms with E-state index in [9.17, 15) is 14.0 Å². The Labute approximate surface area is 162 Å². The predicted octanol–water partition coefficient (Wildman–Crippen LogP) is 2.10. The lowest BCUT2D eigenvalue weighted by molar-refractivity contribution is -0.116. The van der Waals surface area contributed by atoms with E-state index in [1.807, 2.05) is 0 Å². The molecule has 0 atom stereocenters. The highest BCUT2D eigenvalue weighted by Gasteiger charge is 2.24. The molecule has 8 heteroatoms. The Bertz CT molecular complexity index is 945. The van der Waals surface area contributed by atoms with Gasteiger partial charge in [-0.1, -0.05) is 12.1 Å². The van der Waals surface area contributed by atoms with Crippen LogP contribution in [0.2, 0.25) is 0 Å². The molecule has 1 aliphatic heterocycles. The summed E-state index contributed by atoms with van der Waals surface area (Å²) >= 11 is 0. The number of nitrogens with one attached hydrogen (secondary N) is 1. The number of carbonyl (C=O) groups is 2. The van der Waals surface area contributed by atoms with Crippen LogP contribution < -0.4 is 10.2 Å². The molecule has 2 N–H and O–H groups in total. The van der Waals surface area contributed by atoms with Crippen molar-refractivity contribution in [3.05, 3.63) is 59.4 Å². The van der Waals surface area contributed by atoms with Gasteiger partial charge in [-0.25, -0.2) is 9.18 Å². The largest absolute Gasteiger partial charge is 0.395 e. The molecule has 2 aromatic rings. The van der Waals surface area contributed by atoms with Gasteiger partial charge in [0.05, 0.1) is 18.0 Å². The van der Waals surface area contributed by atoms with Crippen molar-refractivity contribution in [2.24, 2.45) is 4.99 Å². The zero-order valence-corrected chi connectivity index (χ0v) is 15.6. The van der Waals surface area contributed by atoms with E-state index in [0.717, 1.165) is 0 Å². The second kappa shape index (κ2) is 8.18. The zero-order valence-electron chi connectivity index (χ0n) is 15.6. The summed E-state index contributed by atoms with van der Waals surface area (Å²) in [5.74, 6) is -0.659. The van der Waals surface area contributed by atoms with Gasteiger partial charge in [0.15, 0.2) is 0 Å². The van der Waals surface area contributed by atoms with Crippen molar-refractivity contribution in [3.8, 4) is 0 Å². The van der Waals surface area contributed by atoms with E-state index >= 15 is 0 Å². The summed E-state index contributed by atoms with van der Waals surface area (Å²) in [6.45, 7) is -0.0587. The Hall–Kier alpha value is -3.26. The Morgan fingerprint density at radius 2 is 2.04 bits per heavy atom. The molecule has 28 heavy (non-hydrogen) atoms. The standard InChI is InChI=1S/C20H21FN4O3/c1-24(9-10-26)20(28)23-13-7-8-17-15(11-13)19(22-12-18(27)25(17)2)14-5-3-4-6-16(14)21/h3-8,11,26H,9-10,12H2,1-2H3,(H,23,28). The number of fused-ring (bicyclic) bond motifs is 1. The molecule has 2 aromatic carbocycles. The highest BCUT2D eigenvalue weighted by atomic mass is 19.1. The van der Waals surface area contributed by atoms with Gasteiger partial charge in [0.1, 0.15) is 12.4 Å². The number of benzodiazepines with no additional fused rings is 1. The smallest absolute Gasteiger partial charge is 0.321 e. The lowest BCUT2D eigenvalue weighted by Crippen LogP contribution is -2.33. The Morgan fingerprint density at radius 1 is 1.29 bits per heavy atom. The van der Waals surface area contributed by atoms with Crippen molar-refractivity contribution in [1.29, 1.82) is 0 Å². The van der Waals surface area contributed by atoms with Crippen LogP contribution >= 0.6 is 0 Å². The number of hydrogen-bond acceptors (Lipinski definition) is 4. The van der Waals surface area contributed by atoms with Crippen LogP contribution in [0.15, 0.2) is 47.5 Å². The van der Waals surface area contributed by atoms with Crippen LogP contribution in [0.1, 0.15) is 11.1 Å². The molecule has 1 aliphatic rings. The minimum absolute atomic E-state index is 0.101. The molecule has 0 aliphatic carbocycles. The maximum Gasteiger partial charge on any atom is 0.321 e. The van der Waals surface area contributed by atoms with E-state index < -0.39 is 11.8 Å². The first kappa shape index (κ1) is 19.5. The zero-order chi connectivity index (χ0) is 20.3. The molecular weight excluding hydrogens is 363 g/mol. The van der Waals surface area contributed by atoms with Gasteiger partial charge in [0.25, 0.3) is 0 Å². The topological polar surface area (TPSA) is 85.2 Å². The van der Waals surface area contributed by atoms with Gasteiger partial charge in [-0.3, -0.25) is 9.79 Å². The molecule has 1 heterocycles. The van der Waals surface area contributed by atoms with Crippen molar-refractivity contribution < 1.29 is 19.1 Å². The lowest BCUT2D eigenvalue weighted by Gasteiger charge is -2.20. The van der Waals surface area contributed by atoms with E-state index in [0.29, 0.717) is 22.6 Å². The monoisotopic (exact) mass is 384 g/mol. The van der Waals surface area contributed by atoms with Gasteiger partial charge in [-0.2, -0.15) is 0 Å². The van der Waals surface area contributed by atoms with Crippen molar-refractivity contribution in [1.82, 2.24) is 4.90 Å². The fourth-order valence-electron chi connectivity index (χ4n) is 2.92. The summed E-state index contributed by atoms with van der Waals surface area (Å²) < 4.78 is 14.4. The Kier molecular flexibility index (Phi) is 5.70. The molecule has 7 nitrogen and oxygen atoms in total. The molecule has 0 saturated heterocycles. The van der Waals surface area contributed by atoms with Crippen LogP contribution in [-0.2, 0) is 4.79 Å². The predicted molar refractivity (Wildman–Crippen MR) is 105 cm³/mol. The first-order valence-electron chi connectivity index (χ1n) is 8.75. The number of urea groups is 1. The average molecular weight is 384 g/mol. The lowest BCUT2D eigenvalue weighted by atomic mass is 9.99. The third-order valence-corrected chi connectivity index (χ3v) is 4.52. The number of anilines is 2. The highest BCUT2D eigenvalue weighted by Crippen LogP contribution is 2.29. The van der Waals surface area contributed by atoms with Crippen molar-refractivity contribution >= 4 is 29.0 Å². The maximum absolute atomic E-state index is 14.4. The summed E-state index contributed by atoms with van der Waals surface area (Å²) in [5.41, 5.74) is 2.23. The minimum Gasteiger partial charge on any atom is -0.395 e. The molecule has 0 saturated carbocycles. The van der Waals surface area contributed by atoms with Crippen LogP contribution in [-0.4, -0.2) is 61.4 Å². The van der Waals surface area contributed by atoms with Crippen molar-refractivity contribution in [2.75, 3.05) is 44.0 Å². The number of nitrogens with zero attached hydrogens (tertiary/aromatic N) is 3. The van der Waals surface area contributed by atoms with Crippen LogP contribution in [0.4, 0.5) is 20.6 Å². The minimum atomic E-state index is -0.443. The molecule has 0 unspecified atom stereocenters. The summed E-state index contributed by atoms with van der Waals surface area (Å²) in [6, 6.07) is 10.9. The van der Waals surface area contributed by atoms with Gasteiger partial charge < -0.3 is 20.2 Å². The van der Waals surface area contributed by atoms with Crippen LogP contribution in [0.5, 0.6) is 0 Å². The SMILES string of the molecule is CN(CCO)C(=O)Nc1ccc2c(c1)C(c1ccccc1F)=NCC(=O)N2C. The number of amides is 3. The number of hydrogen-bond donors (Lipinski definition) is 2. The number of aliphatic hydroxyl groups is 1.